The molecule has 0 aromatic heterocycles. The zero-order valence-electron chi connectivity index (χ0n) is 52.8. The van der Waals surface area contributed by atoms with Gasteiger partial charge in [-0.15, -0.1) is 0 Å². The third-order valence-corrected chi connectivity index (χ3v) is 14.9. The lowest BCUT2D eigenvalue weighted by atomic mass is 10.0. The lowest BCUT2D eigenvalue weighted by molar-refractivity contribution is -0.167. The van der Waals surface area contributed by atoms with Gasteiger partial charge in [0.1, 0.15) is 13.2 Å². The van der Waals surface area contributed by atoms with Crippen LogP contribution in [0.2, 0.25) is 0 Å². The van der Waals surface area contributed by atoms with Gasteiger partial charge in [-0.1, -0.05) is 330 Å². The van der Waals surface area contributed by atoms with Gasteiger partial charge < -0.3 is 14.2 Å². The molecule has 0 bridgehead atoms. The summed E-state index contributed by atoms with van der Waals surface area (Å²) in [6.45, 7) is 6.50. The molecule has 0 heterocycles. The van der Waals surface area contributed by atoms with Gasteiger partial charge in [-0.05, 0) is 83.5 Å². The molecule has 0 saturated carbocycles. The van der Waals surface area contributed by atoms with Crippen molar-refractivity contribution in [2.75, 3.05) is 13.2 Å². The highest BCUT2D eigenvalue weighted by molar-refractivity contribution is 5.71. The van der Waals surface area contributed by atoms with Crippen molar-refractivity contribution in [3.05, 3.63) is 97.2 Å². The summed E-state index contributed by atoms with van der Waals surface area (Å²) >= 11 is 0. The summed E-state index contributed by atoms with van der Waals surface area (Å²) in [5.74, 6) is -0.874. The zero-order chi connectivity index (χ0) is 57.8. The van der Waals surface area contributed by atoms with E-state index in [9.17, 15) is 14.4 Å². The van der Waals surface area contributed by atoms with Crippen molar-refractivity contribution in [2.45, 2.75) is 341 Å². The van der Waals surface area contributed by atoms with E-state index in [0.29, 0.717) is 19.3 Å². The average molecular weight is 1110 g/mol. The third-order valence-electron chi connectivity index (χ3n) is 14.9. The van der Waals surface area contributed by atoms with Gasteiger partial charge in [-0.3, -0.25) is 14.4 Å². The van der Waals surface area contributed by atoms with Crippen LogP contribution in [0.5, 0.6) is 0 Å². The summed E-state index contributed by atoms with van der Waals surface area (Å²) in [5, 5.41) is 0. The molecule has 0 aliphatic heterocycles. The number of carbonyl (C=O) groups is 3. The van der Waals surface area contributed by atoms with Crippen LogP contribution in [-0.2, 0) is 28.6 Å². The quantitative estimate of drug-likeness (QED) is 0.0261. The maximum atomic E-state index is 12.9. The molecule has 0 radical (unpaired) electrons. The van der Waals surface area contributed by atoms with Crippen LogP contribution in [0.1, 0.15) is 335 Å². The second-order valence-electron chi connectivity index (χ2n) is 22.7. The molecule has 0 rings (SSSR count). The highest BCUT2D eigenvalue weighted by Crippen LogP contribution is 2.17. The fourth-order valence-electron chi connectivity index (χ4n) is 9.76. The van der Waals surface area contributed by atoms with Gasteiger partial charge in [0.15, 0.2) is 6.10 Å². The Kier molecular flexibility index (Phi) is 64.7. The Morgan fingerprint density at radius 1 is 0.263 bits per heavy atom. The summed E-state index contributed by atoms with van der Waals surface area (Å²) in [4.78, 5) is 38.1. The van der Waals surface area contributed by atoms with Crippen molar-refractivity contribution in [2.24, 2.45) is 0 Å². The Bertz CT molecular complexity index is 1560. The van der Waals surface area contributed by atoms with Gasteiger partial charge in [0.05, 0.1) is 0 Å². The Morgan fingerprint density at radius 3 is 0.762 bits per heavy atom. The lowest BCUT2D eigenvalue weighted by Gasteiger charge is -2.18. The largest absolute Gasteiger partial charge is 0.462 e. The molecule has 0 saturated heterocycles. The molecule has 6 nitrogen and oxygen atoms in total. The van der Waals surface area contributed by atoms with Crippen LogP contribution in [0.25, 0.3) is 0 Å². The van der Waals surface area contributed by atoms with Crippen molar-refractivity contribution in [1.29, 1.82) is 0 Å². The summed E-state index contributed by atoms with van der Waals surface area (Å²) < 4.78 is 16.8. The second-order valence-corrected chi connectivity index (χ2v) is 22.7. The number of rotatable bonds is 62. The van der Waals surface area contributed by atoms with Crippen molar-refractivity contribution < 1.29 is 28.6 Å². The minimum Gasteiger partial charge on any atom is -0.462 e. The van der Waals surface area contributed by atoms with Crippen LogP contribution in [0.3, 0.4) is 0 Å². The molecule has 0 amide bonds. The molecular weight excluding hydrogens is 985 g/mol. The minimum absolute atomic E-state index is 0.0742. The van der Waals surface area contributed by atoms with Gasteiger partial charge in [-0.2, -0.15) is 0 Å². The molecule has 0 N–H and O–H groups in total. The Hall–Kier alpha value is -3.67. The van der Waals surface area contributed by atoms with Crippen LogP contribution >= 0.6 is 0 Å². The van der Waals surface area contributed by atoms with E-state index in [0.717, 1.165) is 109 Å². The van der Waals surface area contributed by atoms with E-state index in [2.05, 4.69) is 118 Å². The maximum absolute atomic E-state index is 12.9. The van der Waals surface area contributed by atoms with Gasteiger partial charge >= 0.3 is 17.9 Å². The lowest BCUT2D eigenvalue weighted by Crippen LogP contribution is -2.30. The smallest absolute Gasteiger partial charge is 0.306 e. The molecule has 1 unspecified atom stereocenters. The molecular formula is C74H128O6. The van der Waals surface area contributed by atoms with E-state index in [1.807, 2.05) is 0 Å². The molecule has 0 aliphatic rings. The molecule has 1 atom stereocenters. The van der Waals surface area contributed by atoms with E-state index in [-0.39, 0.29) is 31.1 Å². The highest BCUT2D eigenvalue weighted by Gasteiger charge is 2.19. The van der Waals surface area contributed by atoms with Crippen LogP contribution in [-0.4, -0.2) is 37.2 Å². The number of ether oxygens (including phenoxy) is 3. The molecule has 0 aliphatic carbocycles. The van der Waals surface area contributed by atoms with E-state index in [1.54, 1.807) is 0 Å². The van der Waals surface area contributed by atoms with E-state index in [4.69, 9.17) is 14.2 Å². The standard InChI is InChI=1S/C74H128O6/c1-4-7-10-13-16-18-20-22-24-26-28-30-31-32-33-34-35-36-37-38-39-40-41-42-43-45-46-48-50-52-54-56-58-61-64-67-73(76)79-70-71(69-78-72(75)66-63-60-15-12-9-6-3)80-74(77)68-65-62-59-57-55-53-51-49-47-44-29-27-25-23-21-19-17-14-11-8-5-2/h7,10,16,18,22,24,28,30,32-33,35-36,38-39,41-42,71H,4-6,8-9,11-15,17,19-21,23,25-27,29,31,34,37,40,43-70H2,1-3H3/b10-7-,18-16-,24-22-,30-28-,33-32-,36-35-,39-38-,42-41-. The number of hydrogen-bond acceptors (Lipinski definition) is 6. The first kappa shape index (κ1) is 76.3. The molecule has 0 spiro atoms. The number of carbonyl (C=O) groups excluding carboxylic acids is 3. The fraction of sp³-hybridized carbons (Fsp3) is 0.743. The predicted molar refractivity (Wildman–Crippen MR) is 348 cm³/mol. The molecule has 0 aromatic carbocycles. The van der Waals surface area contributed by atoms with Crippen LogP contribution in [0.15, 0.2) is 97.2 Å². The van der Waals surface area contributed by atoms with Crippen molar-refractivity contribution >= 4 is 17.9 Å². The van der Waals surface area contributed by atoms with E-state index < -0.39 is 6.10 Å². The highest BCUT2D eigenvalue weighted by atomic mass is 16.6. The third kappa shape index (κ3) is 65.1. The van der Waals surface area contributed by atoms with E-state index >= 15 is 0 Å². The van der Waals surface area contributed by atoms with Gasteiger partial charge in [0, 0.05) is 19.3 Å². The monoisotopic (exact) mass is 1110 g/mol. The van der Waals surface area contributed by atoms with Crippen LogP contribution in [0.4, 0.5) is 0 Å². The van der Waals surface area contributed by atoms with Crippen molar-refractivity contribution in [1.82, 2.24) is 0 Å². The predicted octanol–water partition coefficient (Wildman–Crippen LogP) is 23.6. The Balaban J connectivity index is 4.04. The summed E-state index contributed by atoms with van der Waals surface area (Å²) in [5.41, 5.74) is 0. The second kappa shape index (κ2) is 67.8. The SMILES string of the molecule is CC/C=C\C/C=C\C/C=C\C/C=C\C/C=C\C/C=C\C/C=C\C/C=C\CCCCCCCCCCCCC(=O)OCC(COC(=O)CCCCCCCC)OC(=O)CCCCCCCCCCCCCCCCCCCCCCC. The van der Waals surface area contributed by atoms with Crippen LogP contribution in [0, 0.1) is 0 Å². The molecule has 0 aromatic rings. The number of unbranched alkanes of at least 4 members (excludes halogenated alkanes) is 35. The molecule has 460 valence electrons. The molecule has 0 fully saturated rings. The summed E-state index contributed by atoms with van der Waals surface area (Å²) in [6, 6.07) is 0. The molecule has 6 heteroatoms. The van der Waals surface area contributed by atoms with Crippen LogP contribution < -0.4 is 0 Å². The normalized spacial score (nSPS) is 12.7. The Morgan fingerprint density at radius 2 is 0.487 bits per heavy atom. The summed E-state index contributed by atoms with van der Waals surface area (Å²) in [6.07, 6.45) is 91.8. The number of allylic oxidation sites excluding steroid dienone is 16. The van der Waals surface area contributed by atoms with Gasteiger partial charge in [0.25, 0.3) is 0 Å². The van der Waals surface area contributed by atoms with Gasteiger partial charge in [-0.25, -0.2) is 0 Å². The first-order chi connectivity index (χ1) is 39.5. The first-order valence-electron chi connectivity index (χ1n) is 34.2. The van der Waals surface area contributed by atoms with Crippen molar-refractivity contribution in [3.63, 3.8) is 0 Å². The number of esters is 3. The zero-order valence-corrected chi connectivity index (χ0v) is 52.8. The van der Waals surface area contributed by atoms with Crippen molar-refractivity contribution in [3.8, 4) is 0 Å². The molecule has 80 heavy (non-hydrogen) atoms. The van der Waals surface area contributed by atoms with Gasteiger partial charge in [0.2, 0.25) is 0 Å². The Labute approximate surface area is 496 Å². The van der Waals surface area contributed by atoms with E-state index in [1.165, 1.54) is 186 Å². The maximum Gasteiger partial charge on any atom is 0.306 e. The topological polar surface area (TPSA) is 78.9 Å². The first-order valence-corrected chi connectivity index (χ1v) is 34.2. The fourth-order valence-corrected chi connectivity index (χ4v) is 9.76. The number of hydrogen-bond donors (Lipinski definition) is 0. The minimum atomic E-state index is -0.774. The average Bonchev–Trinajstić information content (AvgIpc) is 3.46. The summed E-state index contributed by atoms with van der Waals surface area (Å²) in [7, 11) is 0.